The molecule has 0 aliphatic carbocycles. The van der Waals surface area contributed by atoms with Gasteiger partial charge in [0.1, 0.15) is 24.4 Å². The lowest BCUT2D eigenvalue weighted by atomic mass is 9.80. The lowest BCUT2D eigenvalue weighted by Gasteiger charge is -2.46. The van der Waals surface area contributed by atoms with E-state index in [1.807, 2.05) is 74.5 Å². The molecule has 0 aromatic heterocycles. The summed E-state index contributed by atoms with van der Waals surface area (Å²) in [5.74, 6) is -1.50. The Labute approximate surface area is 351 Å². The molecule has 0 radical (unpaired) electrons. The number of rotatable bonds is 25. The Kier molecular flexibility index (Phi) is 21.9. The maximum atomic E-state index is 14.7. The van der Waals surface area contributed by atoms with Crippen molar-refractivity contribution in [2.24, 2.45) is 41.2 Å². The van der Waals surface area contributed by atoms with Gasteiger partial charge in [0.25, 0.3) is 0 Å². The maximum absolute atomic E-state index is 14.7. The van der Waals surface area contributed by atoms with Crippen molar-refractivity contribution in [1.29, 1.82) is 10.5 Å². The van der Waals surface area contributed by atoms with Gasteiger partial charge in [-0.25, -0.2) is 9.13 Å². The van der Waals surface area contributed by atoms with E-state index in [-0.39, 0.29) is 106 Å². The minimum absolute atomic E-state index is 0.00697. The highest BCUT2D eigenvalue weighted by Crippen LogP contribution is 2.57. The Bertz CT molecular complexity index is 1460. The van der Waals surface area contributed by atoms with Crippen molar-refractivity contribution in [2.75, 3.05) is 39.6 Å². The molecule has 3 N–H and O–H groups in total. The van der Waals surface area contributed by atoms with Gasteiger partial charge in [0.2, 0.25) is 5.91 Å². The molecule has 0 aromatic carbocycles. The van der Waals surface area contributed by atoms with Crippen molar-refractivity contribution in [3.8, 4) is 12.1 Å². The minimum atomic E-state index is -4.48. The standard InChI is InChI=1S/C40H71N3O14P2/c1-10-31-25(4)27(6)39(35(54-31)22-48-19-13-16-37(43)44)56-59(47,50-21-15-18-42)52-24-36-40(28(7)26(5)32(11-2)55-36)57-58(46,49-20-14-17-41)51-23-34-30(9)38(45)29(8)33(12-3)53-34/h25-36,38-40,45H,10-16,19-24H2,1-9H3,(H2,43,44). The van der Waals surface area contributed by atoms with Crippen LogP contribution in [0.3, 0.4) is 0 Å². The quantitative estimate of drug-likeness (QED) is 0.0704. The molecule has 0 bridgehead atoms. The number of primary amides is 1. The molecule has 3 heterocycles. The summed E-state index contributed by atoms with van der Waals surface area (Å²) in [4.78, 5) is 11.2. The van der Waals surface area contributed by atoms with E-state index in [9.17, 15) is 29.6 Å². The maximum Gasteiger partial charge on any atom is 0.475 e. The summed E-state index contributed by atoms with van der Waals surface area (Å²) in [6.07, 6.45) is -2.99. The van der Waals surface area contributed by atoms with Gasteiger partial charge in [0.05, 0.1) is 88.5 Å². The van der Waals surface area contributed by atoms with Crippen molar-refractivity contribution in [3.05, 3.63) is 0 Å². The molecule has 3 aliphatic heterocycles. The minimum Gasteiger partial charge on any atom is -0.392 e. The fourth-order valence-electron chi connectivity index (χ4n) is 8.16. The SMILES string of the molecule is CCC1OC(COCCCC(N)=O)C(OP(=O)(OCCC#N)OCC2OC(CC)C(C)C(C)C2OP(=O)(OCCC#N)OCC2OC(CC)C(C)C(O)C2C)C(C)C1C. The van der Waals surface area contributed by atoms with Crippen LogP contribution >= 0.6 is 15.6 Å². The molecular weight excluding hydrogens is 808 g/mol. The van der Waals surface area contributed by atoms with Gasteiger partial charge in [0, 0.05) is 24.9 Å². The number of phosphoric acid groups is 2. The summed E-state index contributed by atoms with van der Waals surface area (Å²) in [6.45, 7) is 16.8. The molecule has 19 heteroatoms. The smallest absolute Gasteiger partial charge is 0.392 e. The third kappa shape index (κ3) is 14.8. The second-order valence-corrected chi connectivity index (χ2v) is 19.5. The van der Waals surface area contributed by atoms with E-state index in [4.69, 9.17) is 51.8 Å². The van der Waals surface area contributed by atoms with E-state index < -0.39 is 64.8 Å². The number of aliphatic hydroxyl groups is 1. The Morgan fingerprint density at radius 2 is 1.02 bits per heavy atom. The first-order chi connectivity index (χ1) is 28.0. The van der Waals surface area contributed by atoms with Gasteiger partial charge in [-0.2, -0.15) is 10.5 Å². The zero-order valence-corrected chi connectivity index (χ0v) is 38.3. The van der Waals surface area contributed by atoms with Gasteiger partial charge in [0.15, 0.2) is 0 Å². The van der Waals surface area contributed by atoms with Gasteiger partial charge in [-0.15, -0.1) is 0 Å². The van der Waals surface area contributed by atoms with E-state index in [0.717, 1.165) is 6.42 Å². The number of amides is 1. The van der Waals surface area contributed by atoms with Crippen molar-refractivity contribution in [2.45, 2.75) is 162 Å². The third-order valence-corrected chi connectivity index (χ3v) is 15.3. The van der Waals surface area contributed by atoms with Crippen LogP contribution < -0.4 is 5.73 Å². The number of nitrogens with two attached hydrogens (primary N) is 1. The lowest BCUT2D eigenvalue weighted by molar-refractivity contribution is -0.191. The summed E-state index contributed by atoms with van der Waals surface area (Å²) in [5.41, 5.74) is 5.28. The van der Waals surface area contributed by atoms with Gasteiger partial charge < -0.3 is 29.8 Å². The first-order valence-electron chi connectivity index (χ1n) is 21.4. The van der Waals surface area contributed by atoms with Gasteiger partial charge in [-0.1, -0.05) is 62.3 Å². The number of hydrogen-bond donors (Lipinski definition) is 2. The van der Waals surface area contributed by atoms with Crippen LogP contribution in [0.15, 0.2) is 0 Å². The Morgan fingerprint density at radius 3 is 1.46 bits per heavy atom. The summed E-state index contributed by atoms with van der Waals surface area (Å²) >= 11 is 0. The van der Waals surface area contributed by atoms with Gasteiger partial charge in [-0.3, -0.25) is 31.9 Å². The molecule has 0 spiro atoms. The highest BCUT2D eigenvalue weighted by atomic mass is 31.2. The third-order valence-electron chi connectivity index (χ3n) is 12.3. The highest BCUT2D eigenvalue weighted by Gasteiger charge is 2.50. The molecule has 17 unspecified atom stereocenters. The lowest BCUT2D eigenvalue weighted by Crippen LogP contribution is -2.52. The van der Waals surface area contributed by atoms with Crippen LogP contribution in [0.2, 0.25) is 0 Å². The number of hydrogen-bond acceptors (Lipinski definition) is 16. The van der Waals surface area contributed by atoms with E-state index in [0.29, 0.717) is 19.3 Å². The predicted octanol–water partition coefficient (Wildman–Crippen LogP) is 6.86. The van der Waals surface area contributed by atoms with Crippen LogP contribution in [0.4, 0.5) is 0 Å². The molecule has 0 saturated carbocycles. The van der Waals surface area contributed by atoms with Gasteiger partial charge >= 0.3 is 15.6 Å². The zero-order valence-electron chi connectivity index (χ0n) is 36.5. The van der Waals surface area contributed by atoms with Crippen molar-refractivity contribution >= 4 is 21.6 Å². The first kappa shape index (κ1) is 51.8. The van der Waals surface area contributed by atoms with Crippen molar-refractivity contribution < 1.29 is 65.1 Å². The topological polar surface area (TPSA) is 237 Å². The first-order valence-corrected chi connectivity index (χ1v) is 24.3. The van der Waals surface area contributed by atoms with E-state index in [2.05, 4.69) is 0 Å². The van der Waals surface area contributed by atoms with Crippen LogP contribution in [-0.2, 0) is 60.0 Å². The second-order valence-electron chi connectivity index (χ2n) is 16.3. The molecular formula is C40H71N3O14P2. The molecule has 0 aromatic rings. The summed E-state index contributed by atoms with van der Waals surface area (Å²) in [5, 5.41) is 29.5. The van der Waals surface area contributed by atoms with Gasteiger partial charge in [-0.05, 0) is 49.4 Å². The number of nitriles is 2. The monoisotopic (exact) mass is 879 g/mol. The summed E-state index contributed by atoms with van der Waals surface area (Å²) < 4.78 is 90.4. The normalized spacial score (nSPS) is 37.1. The average molecular weight is 880 g/mol. The Balaban J connectivity index is 1.90. The molecule has 17 atom stereocenters. The van der Waals surface area contributed by atoms with E-state index >= 15 is 0 Å². The van der Waals surface area contributed by atoms with Crippen molar-refractivity contribution in [1.82, 2.24) is 0 Å². The summed E-state index contributed by atoms with van der Waals surface area (Å²) in [6, 6.07) is 3.95. The Hall–Kier alpha value is -1.53. The molecule has 17 nitrogen and oxygen atoms in total. The van der Waals surface area contributed by atoms with Crippen LogP contribution in [0, 0.1) is 58.2 Å². The highest BCUT2D eigenvalue weighted by molar-refractivity contribution is 7.48. The van der Waals surface area contributed by atoms with Crippen LogP contribution in [0.5, 0.6) is 0 Å². The van der Waals surface area contributed by atoms with E-state index in [1.54, 1.807) is 0 Å². The fourth-order valence-corrected chi connectivity index (χ4v) is 11.1. The summed E-state index contributed by atoms with van der Waals surface area (Å²) in [7, 11) is -8.93. The fraction of sp³-hybridized carbons (Fsp3) is 0.925. The van der Waals surface area contributed by atoms with E-state index in [1.165, 1.54) is 0 Å². The van der Waals surface area contributed by atoms with Crippen LogP contribution in [-0.4, -0.2) is 106 Å². The number of carbonyl (C=O) groups excluding carboxylic acids is 1. The molecule has 3 rings (SSSR count). The molecule has 3 aliphatic rings. The van der Waals surface area contributed by atoms with Crippen molar-refractivity contribution in [3.63, 3.8) is 0 Å². The number of nitrogens with zero attached hydrogens (tertiary/aromatic N) is 2. The molecule has 3 fully saturated rings. The zero-order chi connectivity index (χ0) is 43.9. The number of ether oxygens (including phenoxy) is 4. The number of phosphoric ester groups is 2. The largest absolute Gasteiger partial charge is 0.475 e. The molecule has 340 valence electrons. The van der Waals surface area contributed by atoms with Crippen LogP contribution in [0.25, 0.3) is 0 Å². The second kappa shape index (κ2) is 24.9. The molecule has 59 heavy (non-hydrogen) atoms. The predicted molar refractivity (Wildman–Crippen MR) is 216 cm³/mol. The molecule has 3 saturated heterocycles. The average Bonchev–Trinajstić information content (AvgIpc) is 3.20. The van der Waals surface area contributed by atoms with Crippen LogP contribution in [0.1, 0.15) is 107 Å². The number of aliphatic hydroxyl groups excluding tert-OH is 1. The Morgan fingerprint density at radius 1 is 0.610 bits per heavy atom. The molecule has 1 amide bonds. The number of carbonyl (C=O) groups is 1.